The van der Waals surface area contributed by atoms with Crippen molar-refractivity contribution in [1.82, 2.24) is 0 Å². The summed E-state index contributed by atoms with van der Waals surface area (Å²) in [6.07, 6.45) is -0.226. The predicted octanol–water partition coefficient (Wildman–Crippen LogP) is 2.64. The largest absolute Gasteiger partial charge is 0.481 e. The number of aliphatic carboxylic acids is 1. The Morgan fingerprint density at radius 3 is 2.60 bits per heavy atom. The average Bonchev–Trinajstić information content (AvgIpc) is 1.99. The van der Waals surface area contributed by atoms with E-state index in [0.29, 0.717) is 5.56 Å². The molecule has 0 spiro atoms. The number of rotatable bonds is 3. The molecular weight excluding hydrogens is 289 g/mol. The fraction of sp³-hybridized carbons (Fsp3) is 0.125. The van der Waals surface area contributed by atoms with Gasteiger partial charge >= 0.3 is 11.7 Å². The van der Waals surface area contributed by atoms with E-state index in [9.17, 15) is 14.9 Å². The molecule has 0 heterocycles. The van der Waals surface area contributed by atoms with E-state index < -0.39 is 10.9 Å². The van der Waals surface area contributed by atoms with Gasteiger partial charge in [0.15, 0.2) is 0 Å². The van der Waals surface area contributed by atoms with Crippen molar-refractivity contribution < 1.29 is 14.8 Å². The summed E-state index contributed by atoms with van der Waals surface area (Å²) in [5.41, 5.74) is 0.149. The number of hydrogen-bond donors (Lipinski definition) is 1. The van der Waals surface area contributed by atoms with E-state index in [1.807, 2.05) is 0 Å². The molecule has 0 bridgehead atoms. The van der Waals surface area contributed by atoms with Gasteiger partial charge in [-0.2, -0.15) is 0 Å². The van der Waals surface area contributed by atoms with Crippen molar-refractivity contribution in [3.05, 3.63) is 37.3 Å². The van der Waals surface area contributed by atoms with Crippen LogP contribution in [0.3, 0.4) is 0 Å². The zero-order valence-corrected chi connectivity index (χ0v) is 9.58. The number of carboxylic acid groups (broad SMARTS) is 1. The highest BCUT2D eigenvalue weighted by molar-refractivity contribution is 9.10. The molecule has 1 rings (SSSR count). The molecule has 1 N–H and O–H groups in total. The van der Waals surface area contributed by atoms with Gasteiger partial charge in [-0.15, -0.1) is 0 Å². The van der Waals surface area contributed by atoms with Crippen molar-refractivity contribution in [2.45, 2.75) is 6.42 Å². The fourth-order valence-electron chi connectivity index (χ4n) is 1.07. The molecule has 0 fully saturated rings. The Morgan fingerprint density at radius 1 is 1.60 bits per heavy atom. The van der Waals surface area contributed by atoms with Crippen molar-refractivity contribution in [3.63, 3.8) is 0 Å². The summed E-state index contributed by atoms with van der Waals surface area (Å²) in [4.78, 5) is 20.3. The minimum atomic E-state index is -1.02. The van der Waals surface area contributed by atoms with Crippen LogP contribution in [0.15, 0.2) is 16.6 Å². The molecule has 0 saturated carbocycles. The summed E-state index contributed by atoms with van der Waals surface area (Å²) in [5.74, 6) is -1.02. The average molecular weight is 294 g/mol. The Labute approximate surface area is 97.9 Å². The molecule has 15 heavy (non-hydrogen) atoms. The van der Waals surface area contributed by atoms with Crippen molar-refractivity contribution in [2.24, 2.45) is 0 Å². The van der Waals surface area contributed by atoms with Gasteiger partial charge in [0.1, 0.15) is 5.02 Å². The lowest BCUT2D eigenvalue weighted by atomic mass is 10.1. The third-order valence-corrected chi connectivity index (χ3v) is 2.51. The third kappa shape index (κ3) is 2.90. The number of benzene rings is 1. The first-order valence-electron chi connectivity index (χ1n) is 3.76. The topological polar surface area (TPSA) is 80.4 Å². The van der Waals surface area contributed by atoms with Crippen molar-refractivity contribution in [1.29, 1.82) is 0 Å². The first kappa shape index (κ1) is 11.9. The molecule has 0 aliphatic carbocycles. The second-order valence-electron chi connectivity index (χ2n) is 2.74. The SMILES string of the molecule is O=C(O)Cc1cc(Cl)c([N+](=O)[O-])c(Br)c1. The van der Waals surface area contributed by atoms with E-state index in [-0.39, 0.29) is 21.6 Å². The van der Waals surface area contributed by atoms with Crippen LogP contribution in [0.2, 0.25) is 5.02 Å². The van der Waals surface area contributed by atoms with Crippen LogP contribution >= 0.6 is 27.5 Å². The Hall–Kier alpha value is -1.14. The Kier molecular flexibility index (Phi) is 3.65. The summed E-state index contributed by atoms with van der Waals surface area (Å²) in [6.45, 7) is 0. The lowest BCUT2D eigenvalue weighted by Gasteiger charge is -2.02. The van der Waals surface area contributed by atoms with Gasteiger partial charge in [0, 0.05) is 0 Å². The van der Waals surface area contributed by atoms with Crippen LogP contribution in [-0.4, -0.2) is 16.0 Å². The summed E-state index contributed by atoms with van der Waals surface area (Å²) < 4.78 is 0.177. The van der Waals surface area contributed by atoms with Crippen LogP contribution in [0.25, 0.3) is 0 Å². The zero-order chi connectivity index (χ0) is 11.6. The molecule has 1 aromatic rings. The van der Waals surface area contributed by atoms with Gasteiger partial charge in [-0.3, -0.25) is 14.9 Å². The molecule has 0 saturated heterocycles. The first-order chi connectivity index (χ1) is 6.91. The number of carboxylic acids is 1. The molecule has 0 radical (unpaired) electrons. The van der Waals surface area contributed by atoms with Gasteiger partial charge in [0.05, 0.1) is 15.8 Å². The van der Waals surface area contributed by atoms with E-state index in [2.05, 4.69) is 15.9 Å². The molecule has 0 atom stereocenters. The Bertz CT molecular complexity index is 412. The maximum atomic E-state index is 10.6. The number of nitro groups is 1. The minimum Gasteiger partial charge on any atom is -0.481 e. The molecular formula is C8H5BrClNO4. The van der Waals surface area contributed by atoms with Crippen molar-refractivity contribution in [2.75, 3.05) is 0 Å². The highest BCUT2D eigenvalue weighted by Gasteiger charge is 2.18. The van der Waals surface area contributed by atoms with E-state index in [1.165, 1.54) is 12.1 Å². The highest BCUT2D eigenvalue weighted by Crippen LogP contribution is 2.33. The number of nitrogens with zero attached hydrogens (tertiary/aromatic N) is 1. The number of hydrogen-bond acceptors (Lipinski definition) is 3. The van der Waals surface area contributed by atoms with Gasteiger partial charge in [-0.05, 0) is 33.6 Å². The second-order valence-corrected chi connectivity index (χ2v) is 4.00. The minimum absolute atomic E-state index is 0.0781. The summed E-state index contributed by atoms with van der Waals surface area (Å²) in [5, 5.41) is 19.0. The van der Waals surface area contributed by atoms with Crippen LogP contribution in [0, 0.1) is 10.1 Å². The summed E-state index contributed by atoms with van der Waals surface area (Å²) in [7, 11) is 0. The van der Waals surface area contributed by atoms with E-state index in [0.717, 1.165) is 0 Å². The number of nitro benzene ring substituents is 1. The molecule has 5 nitrogen and oxygen atoms in total. The van der Waals surface area contributed by atoms with Crippen LogP contribution < -0.4 is 0 Å². The molecule has 0 aliphatic rings. The zero-order valence-electron chi connectivity index (χ0n) is 7.24. The molecule has 0 unspecified atom stereocenters. The van der Waals surface area contributed by atoms with Gasteiger partial charge in [0.25, 0.3) is 0 Å². The van der Waals surface area contributed by atoms with E-state index >= 15 is 0 Å². The van der Waals surface area contributed by atoms with Crippen LogP contribution in [0.5, 0.6) is 0 Å². The third-order valence-electron chi connectivity index (χ3n) is 1.61. The van der Waals surface area contributed by atoms with Gasteiger partial charge in [-0.25, -0.2) is 0 Å². The quantitative estimate of drug-likeness (QED) is 0.686. The molecule has 1 aromatic carbocycles. The summed E-state index contributed by atoms with van der Waals surface area (Å²) >= 11 is 8.62. The predicted molar refractivity (Wildman–Crippen MR) is 57.1 cm³/mol. The van der Waals surface area contributed by atoms with Crippen LogP contribution in [-0.2, 0) is 11.2 Å². The van der Waals surface area contributed by atoms with Crippen molar-refractivity contribution in [3.8, 4) is 0 Å². The lowest BCUT2D eigenvalue weighted by molar-refractivity contribution is -0.385. The Balaban J connectivity index is 3.19. The smallest absolute Gasteiger partial charge is 0.307 e. The van der Waals surface area contributed by atoms with Gasteiger partial charge < -0.3 is 5.11 Å². The Morgan fingerprint density at radius 2 is 2.20 bits per heavy atom. The molecule has 7 heteroatoms. The standard InChI is InChI=1S/C8H5BrClNO4/c9-5-1-4(3-7(12)13)2-6(10)8(5)11(14)15/h1-2H,3H2,(H,12,13). The maximum absolute atomic E-state index is 10.6. The van der Waals surface area contributed by atoms with Crippen LogP contribution in [0.1, 0.15) is 5.56 Å². The summed E-state index contributed by atoms with van der Waals surface area (Å²) in [6, 6.07) is 2.65. The monoisotopic (exact) mass is 293 g/mol. The first-order valence-corrected chi connectivity index (χ1v) is 4.93. The van der Waals surface area contributed by atoms with Crippen molar-refractivity contribution >= 4 is 39.2 Å². The molecule has 0 aliphatic heterocycles. The second kappa shape index (κ2) is 4.59. The maximum Gasteiger partial charge on any atom is 0.307 e. The molecule has 0 amide bonds. The highest BCUT2D eigenvalue weighted by atomic mass is 79.9. The van der Waals surface area contributed by atoms with E-state index in [4.69, 9.17) is 16.7 Å². The fourth-order valence-corrected chi connectivity index (χ4v) is 2.15. The van der Waals surface area contributed by atoms with E-state index in [1.54, 1.807) is 0 Å². The van der Waals surface area contributed by atoms with Gasteiger partial charge in [0.2, 0.25) is 0 Å². The normalized spacial score (nSPS) is 10.0. The molecule has 0 aromatic heterocycles. The lowest BCUT2D eigenvalue weighted by Crippen LogP contribution is -2.01. The van der Waals surface area contributed by atoms with Gasteiger partial charge in [-0.1, -0.05) is 11.6 Å². The van der Waals surface area contributed by atoms with Crippen LogP contribution in [0.4, 0.5) is 5.69 Å². The number of halogens is 2. The molecule has 80 valence electrons. The number of carbonyl (C=O) groups is 1.